The lowest BCUT2D eigenvalue weighted by atomic mass is 10.2. The van der Waals surface area contributed by atoms with Crippen molar-refractivity contribution in [2.45, 2.75) is 26.2 Å². The highest BCUT2D eigenvalue weighted by molar-refractivity contribution is 5.50. The van der Waals surface area contributed by atoms with E-state index < -0.39 is 0 Å². The van der Waals surface area contributed by atoms with Gasteiger partial charge in [0.15, 0.2) is 0 Å². The van der Waals surface area contributed by atoms with Crippen LogP contribution in [0.4, 0.5) is 5.69 Å². The molecule has 1 aromatic carbocycles. The average Bonchev–Trinajstić information content (AvgIpc) is 2.51. The van der Waals surface area contributed by atoms with E-state index in [1.54, 1.807) is 6.08 Å². The summed E-state index contributed by atoms with van der Waals surface area (Å²) in [6.07, 6.45) is 19.6. The van der Waals surface area contributed by atoms with Crippen LogP contribution in [-0.4, -0.2) is 0 Å². The van der Waals surface area contributed by atoms with Crippen LogP contribution in [0.2, 0.25) is 0 Å². The molecule has 0 saturated carbocycles. The van der Waals surface area contributed by atoms with Crippen molar-refractivity contribution < 1.29 is 0 Å². The summed E-state index contributed by atoms with van der Waals surface area (Å²) in [6, 6.07) is 10.2. The zero-order valence-corrected chi connectivity index (χ0v) is 12.8. The Bertz CT molecular complexity index is 504. The van der Waals surface area contributed by atoms with Gasteiger partial charge in [-0.05, 0) is 31.1 Å². The Morgan fingerprint density at radius 3 is 2.62 bits per heavy atom. The minimum absolute atomic E-state index is 0.896. The molecule has 0 heterocycles. The number of hydrogen-bond donors (Lipinski definition) is 1. The van der Waals surface area contributed by atoms with Crippen molar-refractivity contribution in [2.75, 3.05) is 5.32 Å². The van der Waals surface area contributed by atoms with E-state index in [1.165, 1.54) is 6.42 Å². The molecule has 110 valence electrons. The van der Waals surface area contributed by atoms with E-state index in [0.29, 0.717) is 0 Å². The molecule has 1 aromatic rings. The number of hydrogen-bond acceptors (Lipinski definition) is 1. The van der Waals surface area contributed by atoms with E-state index in [4.69, 9.17) is 0 Å². The molecule has 1 nitrogen and oxygen atoms in total. The fraction of sp³-hybridized carbons (Fsp3) is 0.200. The van der Waals surface area contributed by atoms with E-state index in [9.17, 15) is 0 Å². The zero-order valence-electron chi connectivity index (χ0n) is 12.8. The maximum absolute atomic E-state index is 3.64. The van der Waals surface area contributed by atoms with Crippen LogP contribution in [0, 0.1) is 0 Å². The molecule has 0 bridgehead atoms. The molecule has 0 aliphatic heterocycles. The Kier molecular flexibility index (Phi) is 9.22. The van der Waals surface area contributed by atoms with Gasteiger partial charge < -0.3 is 5.32 Å². The third-order valence-corrected chi connectivity index (χ3v) is 2.78. The monoisotopic (exact) mass is 279 g/mol. The maximum atomic E-state index is 3.64. The lowest BCUT2D eigenvalue weighted by Gasteiger charge is -2.07. The molecule has 0 radical (unpaired) electrons. The van der Waals surface area contributed by atoms with Crippen LogP contribution in [0.25, 0.3) is 0 Å². The van der Waals surface area contributed by atoms with Gasteiger partial charge in [-0.2, -0.15) is 0 Å². The molecule has 21 heavy (non-hydrogen) atoms. The molecule has 0 spiro atoms. The molecule has 1 N–H and O–H groups in total. The van der Waals surface area contributed by atoms with Crippen molar-refractivity contribution in [1.82, 2.24) is 0 Å². The van der Waals surface area contributed by atoms with Gasteiger partial charge in [-0.15, -0.1) is 0 Å². The van der Waals surface area contributed by atoms with Crippen LogP contribution in [0.1, 0.15) is 26.2 Å². The largest absolute Gasteiger partial charge is 0.356 e. The first-order chi connectivity index (χ1) is 10.4. The fourth-order valence-electron chi connectivity index (χ4n) is 1.72. The first-order valence-corrected chi connectivity index (χ1v) is 7.49. The molecule has 0 fully saturated rings. The van der Waals surface area contributed by atoms with E-state index in [1.807, 2.05) is 36.4 Å². The minimum atomic E-state index is 0.896. The van der Waals surface area contributed by atoms with Crippen molar-refractivity contribution in [3.8, 4) is 0 Å². The predicted molar refractivity (Wildman–Crippen MR) is 95.3 cm³/mol. The van der Waals surface area contributed by atoms with Crippen LogP contribution in [0.15, 0.2) is 91.2 Å². The number of allylic oxidation sites excluding steroid dienone is 8. The summed E-state index contributed by atoms with van der Waals surface area (Å²) in [7, 11) is 0. The van der Waals surface area contributed by atoms with Gasteiger partial charge >= 0.3 is 0 Å². The Hall–Kier alpha value is -2.28. The molecule has 0 amide bonds. The predicted octanol–water partition coefficient (Wildman–Crippen LogP) is 6.03. The molecule has 0 aliphatic rings. The number of benzene rings is 1. The molecule has 0 saturated heterocycles. The summed E-state index contributed by atoms with van der Waals surface area (Å²) >= 11 is 0. The van der Waals surface area contributed by atoms with Crippen LogP contribution >= 0.6 is 0 Å². The second-order valence-corrected chi connectivity index (χ2v) is 4.63. The van der Waals surface area contributed by atoms with E-state index in [0.717, 1.165) is 24.2 Å². The first kappa shape index (κ1) is 16.8. The van der Waals surface area contributed by atoms with Crippen LogP contribution in [0.3, 0.4) is 0 Å². The van der Waals surface area contributed by atoms with Crippen molar-refractivity contribution in [1.29, 1.82) is 0 Å². The normalized spacial score (nSPS) is 12.5. The lowest BCUT2D eigenvalue weighted by molar-refractivity contribution is 0.957. The SMILES string of the molecule is C=C/C=C\C=C/C/C=C(\C=C\CCC)Nc1ccccc1. The minimum Gasteiger partial charge on any atom is -0.356 e. The number of unbranched alkanes of at least 4 members (excludes halogenated alkanes) is 1. The molecule has 0 unspecified atom stereocenters. The lowest BCUT2D eigenvalue weighted by Crippen LogP contribution is -1.96. The van der Waals surface area contributed by atoms with E-state index in [2.05, 4.69) is 55.3 Å². The molecule has 0 atom stereocenters. The number of rotatable bonds is 9. The molecule has 1 heteroatoms. The van der Waals surface area contributed by atoms with Gasteiger partial charge in [-0.25, -0.2) is 0 Å². The standard InChI is InChI=1S/C20H25N/c1-3-5-7-8-9-12-16-19(15-11-6-4-2)21-20-17-13-10-14-18-20/h3,5,7-11,13-18,21H,1,4,6,12H2,2H3/b7-5-,9-8-,15-11+,19-16+. The van der Waals surface area contributed by atoms with Crippen molar-refractivity contribution >= 4 is 5.69 Å². The third kappa shape index (κ3) is 8.48. The average molecular weight is 279 g/mol. The van der Waals surface area contributed by atoms with Crippen LogP contribution in [0.5, 0.6) is 0 Å². The summed E-state index contributed by atoms with van der Waals surface area (Å²) < 4.78 is 0. The third-order valence-electron chi connectivity index (χ3n) is 2.78. The highest BCUT2D eigenvalue weighted by atomic mass is 14.9. The van der Waals surface area contributed by atoms with Gasteiger partial charge in [0.05, 0.1) is 0 Å². The van der Waals surface area contributed by atoms with Gasteiger partial charge in [0.2, 0.25) is 0 Å². The van der Waals surface area contributed by atoms with Crippen LogP contribution < -0.4 is 5.32 Å². The number of anilines is 1. The van der Waals surface area contributed by atoms with Crippen LogP contribution in [-0.2, 0) is 0 Å². The summed E-state index contributed by atoms with van der Waals surface area (Å²) in [5.41, 5.74) is 2.24. The first-order valence-electron chi connectivity index (χ1n) is 7.49. The summed E-state index contributed by atoms with van der Waals surface area (Å²) in [6.45, 7) is 5.83. The fourth-order valence-corrected chi connectivity index (χ4v) is 1.72. The maximum Gasteiger partial charge on any atom is 0.0384 e. The summed E-state index contributed by atoms with van der Waals surface area (Å²) in [5.74, 6) is 0. The summed E-state index contributed by atoms with van der Waals surface area (Å²) in [5, 5.41) is 3.45. The smallest absolute Gasteiger partial charge is 0.0384 e. The molecule has 1 rings (SSSR count). The highest BCUT2D eigenvalue weighted by Gasteiger charge is 1.93. The Labute approximate surface area is 129 Å². The quantitative estimate of drug-likeness (QED) is 0.544. The topological polar surface area (TPSA) is 12.0 Å². The molecule has 0 aliphatic carbocycles. The second-order valence-electron chi connectivity index (χ2n) is 4.63. The van der Waals surface area contributed by atoms with Crippen molar-refractivity contribution in [2.24, 2.45) is 0 Å². The zero-order chi connectivity index (χ0) is 15.2. The van der Waals surface area contributed by atoms with Gasteiger partial charge in [0.25, 0.3) is 0 Å². The Morgan fingerprint density at radius 1 is 1.10 bits per heavy atom. The van der Waals surface area contributed by atoms with Gasteiger partial charge in [-0.3, -0.25) is 0 Å². The van der Waals surface area contributed by atoms with E-state index >= 15 is 0 Å². The molecular weight excluding hydrogens is 254 g/mol. The molecular formula is C20H25N. The number of para-hydroxylation sites is 1. The number of nitrogens with one attached hydrogen (secondary N) is 1. The van der Waals surface area contributed by atoms with E-state index in [-0.39, 0.29) is 0 Å². The van der Waals surface area contributed by atoms with Gasteiger partial charge in [-0.1, -0.05) is 80.7 Å². The van der Waals surface area contributed by atoms with Crippen molar-refractivity contribution in [3.05, 3.63) is 91.2 Å². The van der Waals surface area contributed by atoms with Crippen molar-refractivity contribution in [3.63, 3.8) is 0 Å². The van der Waals surface area contributed by atoms with Gasteiger partial charge in [0, 0.05) is 11.4 Å². The Morgan fingerprint density at radius 2 is 1.90 bits per heavy atom. The van der Waals surface area contributed by atoms with Gasteiger partial charge in [0.1, 0.15) is 0 Å². The molecule has 0 aromatic heterocycles. The Balaban J connectivity index is 2.65. The second kappa shape index (κ2) is 11.5. The summed E-state index contributed by atoms with van der Waals surface area (Å²) in [4.78, 5) is 0. The highest BCUT2D eigenvalue weighted by Crippen LogP contribution is 2.11.